The van der Waals surface area contributed by atoms with Gasteiger partial charge in [-0.15, -0.1) is 0 Å². The number of aromatic carboxylic acids is 1. The van der Waals surface area contributed by atoms with Gasteiger partial charge in [-0.3, -0.25) is 0 Å². The number of carboxylic acids is 1. The van der Waals surface area contributed by atoms with Crippen molar-refractivity contribution >= 4 is 17.0 Å². The zero-order chi connectivity index (χ0) is 10.1. The second-order valence-electron chi connectivity index (χ2n) is 3.05. The van der Waals surface area contributed by atoms with Crippen LogP contribution >= 0.6 is 0 Å². The minimum absolute atomic E-state index is 0.242. The molecule has 0 spiro atoms. The van der Waals surface area contributed by atoms with Crippen LogP contribution in [0.2, 0.25) is 0 Å². The molecule has 2 heterocycles. The van der Waals surface area contributed by atoms with Gasteiger partial charge in [0.15, 0.2) is 5.65 Å². The van der Waals surface area contributed by atoms with E-state index in [0.717, 1.165) is 5.56 Å². The number of pyridine rings is 2. The monoisotopic (exact) mass is 188 g/mol. The number of carboxylic acid groups (broad SMARTS) is 1. The van der Waals surface area contributed by atoms with Gasteiger partial charge in [-0.25, -0.2) is 14.8 Å². The van der Waals surface area contributed by atoms with Crippen LogP contribution < -0.4 is 0 Å². The van der Waals surface area contributed by atoms with Gasteiger partial charge in [-0.1, -0.05) is 0 Å². The van der Waals surface area contributed by atoms with E-state index >= 15 is 0 Å². The molecule has 70 valence electrons. The fourth-order valence-corrected chi connectivity index (χ4v) is 1.32. The third-order valence-electron chi connectivity index (χ3n) is 1.96. The van der Waals surface area contributed by atoms with Gasteiger partial charge < -0.3 is 5.11 Å². The van der Waals surface area contributed by atoms with Crippen LogP contribution in [-0.4, -0.2) is 21.0 Å². The van der Waals surface area contributed by atoms with Crippen molar-refractivity contribution in [1.82, 2.24) is 9.97 Å². The second-order valence-corrected chi connectivity index (χ2v) is 3.05. The first-order valence-corrected chi connectivity index (χ1v) is 4.13. The van der Waals surface area contributed by atoms with Crippen LogP contribution in [0.15, 0.2) is 24.5 Å². The summed E-state index contributed by atoms with van der Waals surface area (Å²) in [6.45, 7) is 1.87. The minimum Gasteiger partial charge on any atom is -0.478 e. The topological polar surface area (TPSA) is 63.1 Å². The molecule has 0 fully saturated rings. The predicted molar refractivity (Wildman–Crippen MR) is 51.2 cm³/mol. The van der Waals surface area contributed by atoms with Crippen molar-refractivity contribution < 1.29 is 9.90 Å². The zero-order valence-corrected chi connectivity index (χ0v) is 7.56. The highest BCUT2D eigenvalue weighted by Gasteiger charge is 2.08. The number of hydrogen-bond acceptors (Lipinski definition) is 3. The van der Waals surface area contributed by atoms with E-state index in [-0.39, 0.29) is 5.56 Å². The molecule has 0 radical (unpaired) electrons. The van der Waals surface area contributed by atoms with Crippen LogP contribution in [-0.2, 0) is 0 Å². The van der Waals surface area contributed by atoms with Gasteiger partial charge in [0.25, 0.3) is 0 Å². The highest BCUT2D eigenvalue weighted by atomic mass is 16.4. The standard InChI is InChI=1S/C10H8N2O2/c1-6-4-8-7(10(13)14)2-3-11-9(8)12-5-6/h2-5H,1H3,(H,13,14). The van der Waals surface area contributed by atoms with E-state index in [0.29, 0.717) is 11.0 Å². The SMILES string of the molecule is Cc1cnc2nccc(C(=O)O)c2c1. The molecule has 0 amide bonds. The summed E-state index contributed by atoms with van der Waals surface area (Å²) >= 11 is 0. The number of carbonyl (C=O) groups is 1. The molecule has 0 aliphatic rings. The first-order chi connectivity index (χ1) is 6.68. The summed E-state index contributed by atoms with van der Waals surface area (Å²) in [7, 11) is 0. The largest absolute Gasteiger partial charge is 0.478 e. The molecule has 2 rings (SSSR count). The molecule has 0 bridgehead atoms. The fraction of sp³-hybridized carbons (Fsp3) is 0.100. The molecule has 0 saturated carbocycles. The quantitative estimate of drug-likeness (QED) is 0.738. The van der Waals surface area contributed by atoms with Crippen LogP contribution in [0.25, 0.3) is 11.0 Å². The third kappa shape index (κ3) is 1.31. The fourth-order valence-electron chi connectivity index (χ4n) is 1.32. The average molecular weight is 188 g/mol. The van der Waals surface area contributed by atoms with Gasteiger partial charge in [-0.2, -0.15) is 0 Å². The van der Waals surface area contributed by atoms with Crippen LogP contribution in [0.5, 0.6) is 0 Å². The smallest absolute Gasteiger partial charge is 0.336 e. The van der Waals surface area contributed by atoms with Gasteiger partial charge in [-0.05, 0) is 24.6 Å². The lowest BCUT2D eigenvalue weighted by molar-refractivity contribution is 0.0699. The van der Waals surface area contributed by atoms with Gasteiger partial charge in [0, 0.05) is 17.8 Å². The molecule has 2 aromatic heterocycles. The second kappa shape index (κ2) is 3.06. The van der Waals surface area contributed by atoms with E-state index in [1.54, 1.807) is 12.3 Å². The summed E-state index contributed by atoms with van der Waals surface area (Å²) in [5, 5.41) is 9.50. The number of nitrogens with zero attached hydrogens (tertiary/aromatic N) is 2. The molecule has 0 aliphatic carbocycles. The van der Waals surface area contributed by atoms with Crippen LogP contribution in [0, 0.1) is 6.92 Å². The maximum absolute atomic E-state index is 10.9. The Bertz CT molecular complexity index is 508. The maximum atomic E-state index is 10.9. The van der Waals surface area contributed by atoms with Gasteiger partial charge in [0.2, 0.25) is 0 Å². The minimum atomic E-state index is -0.954. The van der Waals surface area contributed by atoms with Crippen molar-refractivity contribution in [2.75, 3.05) is 0 Å². The molecule has 0 aliphatic heterocycles. The summed E-state index contributed by atoms with van der Waals surface area (Å²) in [5.41, 5.74) is 1.63. The zero-order valence-electron chi connectivity index (χ0n) is 7.56. The molecular formula is C10H8N2O2. The highest BCUT2D eigenvalue weighted by Crippen LogP contribution is 2.15. The lowest BCUT2D eigenvalue weighted by Gasteiger charge is -2.01. The van der Waals surface area contributed by atoms with E-state index in [9.17, 15) is 4.79 Å². The van der Waals surface area contributed by atoms with Crippen molar-refractivity contribution in [3.63, 3.8) is 0 Å². The van der Waals surface area contributed by atoms with Gasteiger partial charge >= 0.3 is 5.97 Å². The number of hydrogen-bond donors (Lipinski definition) is 1. The maximum Gasteiger partial charge on any atom is 0.336 e. The van der Waals surface area contributed by atoms with Gasteiger partial charge in [0.05, 0.1) is 5.56 Å². The molecule has 4 heteroatoms. The first kappa shape index (κ1) is 8.62. The molecule has 4 nitrogen and oxygen atoms in total. The Balaban J connectivity index is 2.84. The Kier molecular flexibility index (Phi) is 1.89. The summed E-state index contributed by atoms with van der Waals surface area (Å²) in [5.74, 6) is -0.954. The number of fused-ring (bicyclic) bond motifs is 1. The Morgan fingerprint density at radius 3 is 2.93 bits per heavy atom. The molecule has 14 heavy (non-hydrogen) atoms. The van der Waals surface area contributed by atoms with Crippen LogP contribution in [0.1, 0.15) is 15.9 Å². The third-order valence-corrected chi connectivity index (χ3v) is 1.96. The Morgan fingerprint density at radius 1 is 1.43 bits per heavy atom. The Morgan fingerprint density at radius 2 is 2.21 bits per heavy atom. The summed E-state index contributed by atoms with van der Waals surface area (Å²) in [6, 6.07) is 3.25. The molecule has 2 aromatic rings. The van der Waals surface area contributed by atoms with Crippen molar-refractivity contribution in [2.24, 2.45) is 0 Å². The number of rotatable bonds is 1. The van der Waals surface area contributed by atoms with Gasteiger partial charge in [0.1, 0.15) is 0 Å². The van der Waals surface area contributed by atoms with Crippen molar-refractivity contribution in [3.05, 3.63) is 35.7 Å². The van der Waals surface area contributed by atoms with E-state index in [4.69, 9.17) is 5.11 Å². The lowest BCUT2D eigenvalue weighted by atomic mass is 10.1. The average Bonchev–Trinajstić information content (AvgIpc) is 2.16. The highest BCUT2D eigenvalue weighted by molar-refractivity contribution is 6.01. The Labute approximate surface area is 80.2 Å². The van der Waals surface area contributed by atoms with Crippen LogP contribution in [0.4, 0.5) is 0 Å². The molecule has 0 aromatic carbocycles. The van der Waals surface area contributed by atoms with Crippen molar-refractivity contribution in [1.29, 1.82) is 0 Å². The van der Waals surface area contributed by atoms with Crippen LogP contribution in [0.3, 0.4) is 0 Å². The van der Waals surface area contributed by atoms with Crippen molar-refractivity contribution in [2.45, 2.75) is 6.92 Å². The number of aromatic nitrogens is 2. The summed E-state index contributed by atoms with van der Waals surface area (Å²) < 4.78 is 0. The molecule has 0 saturated heterocycles. The lowest BCUT2D eigenvalue weighted by Crippen LogP contribution is -1.99. The normalized spacial score (nSPS) is 10.4. The molecular weight excluding hydrogens is 180 g/mol. The molecule has 1 N–H and O–H groups in total. The molecule has 0 atom stereocenters. The molecule has 0 unspecified atom stereocenters. The Hall–Kier alpha value is -1.97. The van der Waals surface area contributed by atoms with E-state index in [1.165, 1.54) is 12.3 Å². The van der Waals surface area contributed by atoms with E-state index in [2.05, 4.69) is 9.97 Å². The van der Waals surface area contributed by atoms with E-state index < -0.39 is 5.97 Å². The first-order valence-electron chi connectivity index (χ1n) is 4.13. The summed E-state index contributed by atoms with van der Waals surface area (Å²) in [6.07, 6.45) is 3.12. The summed E-state index contributed by atoms with van der Waals surface area (Å²) in [4.78, 5) is 18.9. The predicted octanol–water partition coefficient (Wildman–Crippen LogP) is 1.64. The van der Waals surface area contributed by atoms with E-state index in [1.807, 2.05) is 6.92 Å². The van der Waals surface area contributed by atoms with Crippen molar-refractivity contribution in [3.8, 4) is 0 Å². The number of aryl methyl sites for hydroxylation is 1.